The van der Waals surface area contributed by atoms with Gasteiger partial charge in [-0.2, -0.15) is 0 Å². The van der Waals surface area contributed by atoms with Crippen molar-refractivity contribution < 1.29 is 0 Å². The van der Waals surface area contributed by atoms with E-state index in [1.807, 2.05) is 0 Å². The van der Waals surface area contributed by atoms with E-state index in [-0.39, 0.29) is 0 Å². The predicted molar refractivity (Wildman–Crippen MR) is 113 cm³/mol. The summed E-state index contributed by atoms with van der Waals surface area (Å²) in [5, 5.41) is 7.63. The average molecular weight is 333 g/mol. The van der Waals surface area contributed by atoms with Gasteiger partial charge in [-0.1, -0.05) is 84.9 Å². The summed E-state index contributed by atoms with van der Waals surface area (Å²) in [5.74, 6) is 0. The number of para-hydroxylation sites is 2. The third kappa shape index (κ3) is 2.18. The highest BCUT2D eigenvalue weighted by molar-refractivity contribution is 6.19. The van der Waals surface area contributed by atoms with E-state index in [9.17, 15) is 0 Å². The lowest BCUT2D eigenvalue weighted by Crippen LogP contribution is -1.92. The number of hydrogen-bond donors (Lipinski definition) is 0. The Balaban J connectivity index is 2.31. The van der Waals surface area contributed by atoms with Crippen molar-refractivity contribution >= 4 is 43.4 Å². The molecule has 0 bridgehead atoms. The first kappa shape index (κ1) is 15.0. The molecule has 0 amide bonds. The Morgan fingerprint density at radius 2 is 0.654 bits per heavy atom. The molecule has 1 heterocycles. The number of aryl methyl sites for hydroxylation is 1. The van der Waals surface area contributed by atoms with E-state index < -0.39 is 0 Å². The van der Waals surface area contributed by atoms with Gasteiger partial charge in [0.1, 0.15) is 0 Å². The minimum atomic E-state index is 1.22. The summed E-state index contributed by atoms with van der Waals surface area (Å²) in [4.78, 5) is 0. The van der Waals surface area contributed by atoms with Crippen LogP contribution in [0.5, 0.6) is 0 Å². The Kier molecular flexibility index (Phi) is 3.39. The second kappa shape index (κ2) is 5.89. The van der Waals surface area contributed by atoms with Crippen molar-refractivity contribution in [3.8, 4) is 0 Å². The molecule has 0 radical (unpaired) electrons. The van der Waals surface area contributed by atoms with Crippen LogP contribution >= 0.6 is 0 Å². The third-order valence-electron chi connectivity index (χ3n) is 5.26. The standard InChI is InChI=1S/C25H19N/c1-26-24-16-8-6-14-22(24)20-12-4-2-10-18(20)19-11-3-5-13-21(19)23-15-7-9-17-25(23)26/h2-17H,1H3. The van der Waals surface area contributed by atoms with Gasteiger partial charge in [0.15, 0.2) is 0 Å². The Hall–Kier alpha value is -3.32. The number of fused-ring (bicyclic) bond motifs is 7. The summed E-state index contributed by atoms with van der Waals surface area (Å²) in [6.45, 7) is 0. The lowest BCUT2D eigenvalue weighted by atomic mass is 10.0. The fourth-order valence-corrected chi connectivity index (χ4v) is 4.02. The van der Waals surface area contributed by atoms with Crippen LogP contribution in [-0.4, -0.2) is 4.57 Å². The third-order valence-corrected chi connectivity index (χ3v) is 5.26. The normalized spacial score (nSPS) is 11.3. The Morgan fingerprint density at radius 1 is 0.385 bits per heavy atom. The lowest BCUT2D eigenvalue weighted by Gasteiger charge is -2.07. The molecular weight excluding hydrogens is 314 g/mol. The minimum Gasteiger partial charge on any atom is -0.344 e. The zero-order valence-corrected chi connectivity index (χ0v) is 14.7. The molecule has 4 aromatic carbocycles. The number of aromatic nitrogens is 1. The smallest absolute Gasteiger partial charge is 0.0488 e. The highest BCUT2D eigenvalue weighted by Gasteiger charge is 2.06. The molecule has 0 saturated carbocycles. The molecule has 26 heavy (non-hydrogen) atoms. The van der Waals surface area contributed by atoms with Crippen LogP contribution in [0, 0.1) is 0 Å². The van der Waals surface area contributed by atoms with Crippen LogP contribution in [-0.2, 0) is 7.05 Å². The fraction of sp³-hybridized carbons (Fsp3) is 0.0400. The van der Waals surface area contributed by atoms with Crippen molar-refractivity contribution in [3.05, 3.63) is 97.1 Å². The van der Waals surface area contributed by atoms with Gasteiger partial charge in [0.25, 0.3) is 0 Å². The van der Waals surface area contributed by atoms with Gasteiger partial charge in [-0.25, -0.2) is 0 Å². The van der Waals surface area contributed by atoms with Crippen LogP contribution in [0.4, 0.5) is 0 Å². The first-order chi connectivity index (χ1) is 12.8. The molecule has 1 aromatic heterocycles. The molecule has 0 N–H and O–H groups in total. The monoisotopic (exact) mass is 333 g/mol. The molecule has 0 unspecified atom stereocenters. The minimum absolute atomic E-state index is 1.22. The molecule has 0 atom stereocenters. The van der Waals surface area contributed by atoms with Crippen LogP contribution in [0.1, 0.15) is 0 Å². The van der Waals surface area contributed by atoms with E-state index in [4.69, 9.17) is 0 Å². The summed E-state index contributed by atoms with van der Waals surface area (Å²) in [7, 11) is 2.16. The maximum atomic E-state index is 2.31. The zero-order valence-electron chi connectivity index (χ0n) is 14.7. The van der Waals surface area contributed by atoms with Gasteiger partial charge in [-0.15, -0.1) is 0 Å². The summed E-state index contributed by atoms with van der Waals surface area (Å²) >= 11 is 0. The summed E-state index contributed by atoms with van der Waals surface area (Å²) in [6, 6.07) is 34.8. The highest BCUT2D eigenvalue weighted by Crippen LogP contribution is 2.31. The molecule has 0 aliphatic heterocycles. The second-order valence-electron chi connectivity index (χ2n) is 6.68. The van der Waals surface area contributed by atoms with Gasteiger partial charge in [0, 0.05) is 28.9 Å². The predicted octanol–water partition coefficient (Wildman–Crippen LogP) is 6.76. The van der Waals surface area contributed by atoms with Crippen LogP contribution in [0.25, 0.3) is 43.4 Å². The number of hydrogen-bond acceptors (Lipinski definition) is 0. The average Bonchev–Trinajstić information content (AvgIpc) is 2.76. The maximum absolute atomic E-state index is 2.31. The van der Waals surface area contributed by atoms with Crippen molar-refractivity contribution in [2.24, 2.45) is 7.05 Å². The van der Waals surface area contributed by atoms with Gasteiger partial charge in [0.2, 0.25) is 0 Å². The molecule has 0 saturated heterocycles. The molecule has 0 spiro atoms. The molecule has 5 aromatic rings. The molecule has 0 fully saturated rings. The van der Waals surface area contributed by atoms with Gasteiger partial charge in [0.05, 0.1) is 0 Å². The SMILES string of the molecule is Cn1c2ccccc2c2ccccc2c2ccccc2c2ccccc21. The fourth-order valence-electron chi connectivity index (χ4n) is 4.02. The quantitative estimate of drug-likeness (QED) is 0.295. The first-order valence-electron chi connectivity index (χ1n) is 8.95. The van der Waals surface area contributed by atoms with E-state index >= 15 is 0 Å². The van der Waals surface area contributed by atoms with E-state index in [1.54, 1.807) is 0 Å². The lowest BCUT2D eigenvalue weighted by molar-refractivity contribution is 1.01. The Morgan fingerprint density at radius 3 is 1.04 bits per heavy atom. The van der Waals surface area contributed by atoms with Crippen molar-refractivity contribution in [1.29, 1.82) is 0 Å². The number of nitrogens with zero attached hydrogens (tertiary/aromatic N) is 1. The van der Waals surface area contributed by atoms with Crippen LogP contribution < -0.4 is 0 Å². The number of benzene rings is 4. The van der Waals surface area contributed by atoms with E-state index in [2.05, 4.69) is 109 Å². The molecule has 5 rings (SSSR count). The van der Waals surface area contributed by atoms with E-state index in [0.29, 0.717) is 0 Å². The number of rotatable bonds is 0. The van der Waals surface area contributed by atoms with Crippen molar-refractivity contribution in [1.82, 2.24) is 4.57 Å². The maximum Gasteiger partial charge on any atom is 0.0488 e. The van der Waals surface area contributed by atoms with Gasteiger partial charge >= 0.3 is 0 Å². The van der Waals surface area contributed by atoms with Crippen LogP contribution in [0.15, 0.2) is 97.1 Å². The van der Waals surface area contributed by atoms with Crippen molar-refractivity contribution in [2.45, 2.75) is 0 Å². The van der Waals surface area contributed by atoms with Gasteiger partial charge in [-0.3, -0.25) is 0 Å². The van der Waals surface area contributed by atoms with Gasteiger partial charge in [-0.05, 0) is 33.7 Å². The summed E-state index contributed by atoms with van der Waals surface area (Å²) < 4.78 is 2.31. The van der Waals surface area contributed by atoms with Crippen LogP contribution in [0.2, 0.25) is 0 Å². The Labute approximate surface area is 152 Å². The summed E-state index contributed by atoms with van der Waals surface area (Å²) in [6.07, 6.45) is 0. The molecular formula is C25H19N. The molecule has 124 valence electrons. The van der Waals surface area contributed by atoms with Crippen molar-refractivity contribution in [2.75, 3.05) is 0 Å². The molecule has 1 heteroatoms. The van der Waals surface area contributed by atoms with Gasteiger partial charge < -0.3 is 4.57 Å². The molecule has 1 nitrogen and oxygen atoms in total. The first-order valence-corrected chi connectivity index (χ1v) is 8.95. The second-order valence-corrected chi connectivity index (χ2v) is 6.68. The largest absolute Gasteiger partial charge is 0.344 e. The van der Waals surface area contributed by atoms with Crippen molar-refractivity contribution in [3.63, 3.8) is 0 Å². The highest BCUT2D eigenvalue weighted by atomic mass is 14.9. The topological polar surface area (TPSA) is 4.93 Å². The Bertz CT molecular complexity index is 1240. The summed E-state index contributed by atoms with van der Waals surface area (Å²) in [5.41, 5.74) is 2.44. The molecule has 0 aliphatic carbocycles. The zero-order chi connectivity index (χ0) is 17.5. The van der Waals surface area contributed by atoms with E-state index in [0.717, 1.165) is 0 Å². The van der Waals surface area contributed by atoms with Crippen LogP contribution in [0.3, 0.4) is 0 Å². The van der Waals surface area contributed by atoms with E-state index in [1.165, 1.54) is 43.4 Å². The molecule has 0 aliphatic rings.